The van der Waals surface area contributed by atoms with E-state index in [9.17, 15) is 14.7 Å². The highest BCUT2D eigenvalue weighted by Gasteiger charge is 2.21. The molecule has 1 aromatic carbocycles. The van der Waals surface area contributed by atoms with Crippen LogP contribution in [0.25, 0.3) is 0 Å². The molecule has 2 rings (SSSR count). The lowest BCUT2D eigenvalue weighted by Gasteiger charge is -2.29. The van der Waals surface area contributed by atoms with Crippen molar-refractivity contribution >= 4 is 34.9 Å². The standard InChI is InChI=1S/C15H17Cl2NO3/c16-12-2-1-10(9-13(12)17)14(20)3-4-15(21)18-7-5-11(19)6-8-18/h1-2,9,11,19H,3-8H2. The van der Waals surface area contributed by atoms with Gasteiger partial charge in [-0.1, -0.05) is 23.2 Å². The van der Waals surface area contributed by atoms with E-state index in [2.05, 4.69) is 0 Å². The predicted octanol–water partition coefficient (Wildman–Crippen LogP) is 2.94. The van der Waals surface area contributed by atoms with Crippen LogP contribution in [-0.4, -0.2) is 40.9 Å². The number of hydrogen-bond donors (Lipinski definition) is 1. The number of benzene rings is 1. The highest BCUT2D eigenvalue weighted by molar-refractivity contribution is 6.42. The van der Waals surface area contributed by atoms with Crippen LogP contribution >= 0.6 is 23.2 Å². The Balaban J connectivity index is 1.86. The zero-order valence-electron chi connectivity index (χ0n) is 11.5. The van der Waals surface area contributed by atoms with Crippen molar-refractivity contribution in [3.63, 3.8) is 0 Å². The molecule has 0 atom stereocenters. The first kappa shape index (κ1) is 16.3. The van der Waals surface area contributed by atoms with Crippen molar-refractivity contribution in [3.05, 3.63) is 33.8 Å². The van der Waals surface area contributed by atoms with Gasteiger partial charge in [-0.2, -0.15) is 0 Å². The monoisotopic (exact) mass is 329 g/mol. The summed E-state index contributed by atoms with van der Waals surface area (Å²) in [6.07, 6.45) is 1.22. The molecule has 1 N–H and O–H groups in total. The van der Waals surface area contributed by atoms with E-state index >= 15 is 0 Å². The molecule has 21 heavy (non-hydrogen) atoms. The van der Waals surface area contributed by atoms with Crippen LogP contribution in [0.15, 0.2) is 18.2 Å². The van der Waals surface area contributed by atoms with E-state index in [4.69, 9.17) is 23.2 Å². The number of rotatable bonds is 4. The van der Waals surface area contributed by atoms with Gasteiger partial charge in [0.25, 0.3) is 0 Å². The Bertz CT molecular complexity index is 540. The molecule has 0 bridgehead atoms. The van der Waals surface area contributed by atoms with Crippen molar-refractivity contribution in [3.8, 4) is 0 Å². The maximum atomic E-state index is 12.0. The molecule has 0 spiro atoms. The molecule has 1 aliphatic heterocycles. The van der Waals surface area contributed by atoms with E-state index < -0.39 is 0 Å². The Morgan fingerprint density at radius 2 is 1.81 bits per heavy atom. The highest BCUT2D eigenvalue weighted by atomic mass is 35.5. The highest BCUT2D eigenvalue weighted by Crippen LogP contribution is 2.23. The van der Waals surface area contributed by atoms with Gasteiger partial charge in [0.1, 0.15) is 0 Å². The number of hydrogen-bond acceptors (Lipinski definition) is 3. The maximum absolute atomic E-state index is 12.0. The van der Waals surface area contributed by atoms with E-state index in [0.29, 0.717) is 41.5 Å². The molecule has 0 aliphatic carbocycles. The molecule has 1 amide bonds. The van der Waals surface area contributed by atoms with Gasteiger partial charge in [0.2, 0.25) is 5.91 Å². The number of piperidine rings is 1. The molecule has 0 unspecified atom stereocenters. The minimum atomic E-state index is -0.313. The van der Waals surface area contributed by atoms with E-state index in [1.165, 1.54) is 6.07 Å². The molecule has 1 aliphatic rings. The lowest BCUT2D eigenvalue weighted by atomic mass is 10.0. The van der Waals surface area contributed by atoms with Crippen LogP contribution in [0.2, 0.25) is 10.0 Å². The molecule has 0 aromatic heterocycles. The normalized spacial score (nSPS) is 16.0. The van der Waals surface area contributed by atoms with Crippen LogP contribution < -0.4 is 0 Å². The summed E-state index contributed by atoms with van der Waals surface area (Å²) < 4.78 is 0. The van der Waals surface area contributed by atoms with Crippen molar-refractivity contribution in [1.29, 1.82) is 0 Å². The Hall–Kier alpha value is -1.10. The second-order valence-corrected chi connectivity index (χ2v) is 5.98. The Morgan fingerprint density at radius 3 is 2.43 bits per heavy atom. The van der Waals surface area contributed by atoms with Gasteiger partial charge in [-0.3, -0.25) is 9.59 Å². The average molecular weight is 330 g/mol. The molecule has 1 fully saturated rings. The van der Waals surface area contributed by atoms with Crippen molar-refractivity contribution in [1.82, 2.24) is 4.90 Å². The van der Waals surface area contributed by atoms with Crippen LogP contribution in [0, 0.1) is 0 Å². The smallest absolute Gasteiger partial charge is 0.223 e. The summed E-state index contributed by atoms with van der Waals surface area (Å²) in [4.78, 5) is 25.7. The van der Waals surface area contributed by atoms with Crippen LogP contribution in [-0.2, 0) is 4.79 Å². The quantitative estimate of drug-likeness (QED) is 0.864. The van der Waals surface area contributed by atoms with Gasteiger partial charge in [0.05, 0.1) is 16.1 Å². The zero-order valence-corrected chi connectivity index (χ0v) is 13.0. The summed E-state index contributed by atoms with van der Waals surface area (Å²) >= 11 is 11.7. The second-order valence-electron chi connectivity index (χ2n) is 5.16. The van der Waals surface area contributed by atoms with E-state index in [0.717, 1.165) is 0 Å². The third-order valence-electron chi connectivity index (χ3n) is 3.62. The molecular weight excluding hydrogens is 313 g/mol. The van der Waals surface area contributed by atoms with Gasteiger partial charge in [0.15, 0.2) is 5.78 Å². The molecule has 0 saturated carbocycles. The maximum Gasteiger partial charge on any atom is 0.223 e. The summed E-state index contributed by atoms with van der Waals surface area (Å²) in [6.45, 7) is 1.11. The molecule has 1 saturated heterocycles. The fourth-order valence-corrected chi connectivity index (χ4v) is 2.61. The number of carbonyl (C=O) groups excluding carboxylic acids is 2. The van der Waals surface area contributed by atoms with Gasteiger partial charge in [-0.15, -0.1) is 0 Å². The largest absolute Gasteiger partial charge is 0.393 e. The van der Waals surface area contributed by atoms with Crippen molar-refractivity contribution in [2.24, 2.45) is 0 Å². The lowest BCUT2D eigenvalue weighted by Crippen LogP contribution is -2.40. The molecule has 114 valence electrons. The number of nitrogens with zero attached hydrogens (tertiary/aromatic N) is 1. The number of halogens is 2. The van der Waals surface area contributed by atoms with Gasteiger partial charge < -0.3 is 10.0 Å². The average Bonchev–Trinajstić information content (AvgIpc) is 2.48. The molecule has 6 heteroatoms. The predicted molar refractivity (Wildman–Crippen MR) is 81.8 cm³/mol. The number of aliphatic hydroxyl groups excluding tert-OH is 1. The van der Waals surface area contributed by atoms with Crippen LogP contribution in [0.1, 0.15) is 36.0 Å². The summed E-state index contributed by atoms with van der Waals surface area (Å²) in [7, 11) is 0. The first-order chi connectivity index (χ1) is 9.97. The Labute approximate surface area is 133 Å². The summed E-state index contributed by atoms with van der Waals surface area (Å²) in [5.74, 6) is -0.172. The fraction of sp³-hybridized carbons (Fsp3) is 0.467. The van der Waals surface area contributed by atoms with Gasteiger partial charge in [0, 0.05) is 31.5 Å². The van der Waals surface area contributed by atoms with Crippen LogP contribution in [0.3, 0.4) is 0 Å². The number of carbonyl (C=O) groups is 2. The molecule has 0 radical (unpaired) electrons. The zero-order chi connectivity index (χ0) is 15.4. The summed E-state index contributed by atoms with van der Waals surface area (Å²) in [5, 5.41) is 10.1. The van der Waals surface area contributed by atoms with E-state index in [1.54, 1.807) is 17.0 Å². The Kier molecular flexibility index (Phi) is 5.62. The molecule has 4 nitrogen and oxygen atoms in total. The third-order valence-corrected chi connectivity index (χ3v) is 4.36. The Morgan fingerprint density at radius 1 is 1.14 bits per heavy atom. The van der Waals surface area contributed by atoms with Gasteiger partial charge in [-0.25, -0.2) is 0 Å². The minimum absolute atomic E-state index is 0.0460. The molecule has 1 heterocycles. The summed E-state index contributed by atoms with van der Waals surface area (Å²) in [5.41, 5.74) is 0.464. The first-order valence-electron chi connectivity index (χ1n) is 6.91. The van der Waals surface area contributed by atoms with E-state index in [1.807, 2.05) is 0 Å². The number of amides is 1. The van der Waals surface area contributed by atoms with E-state index in [-0.39, 0.29) is 30.6 Å². The lowest BCUT2D eigenvalue weighted by molar-refractivity contribution is -0.133. The first-order valence-corrected chi connectivity index (χ1v) is 7.67. The second kappa shape index (κ2) is 7.25. The van der Waals surface area contributed by atoms with Crippen molar-refractivity contribution in [2.75, 3.05) is 13.1 Å². The number of aliphatic hydroxyl groups is 1. The molecular formula is C15H17Cl2NO3. The minimum Gasteiger partial charge on any atom is -0.393 e. The fourth-order valence-electron chi connectivity index (χ4n) is 2.31. The van der Waals surface area contributed by atoms with Crippen LogP contribution in [0.4, 0.5) is 0 Å². The third kappa shape index (κ3) is 4.43. The van der Waals surface area contributed by atoms with Crippen molar-refractivity contribution in [2.45, 2.75) is 31.8 Å². The van der Waals surface area contributed by atoms with Gasteiger partial charge in [-0.05, 0) is 31.0 Å². The topological polar surface area (TPSA) is 57.6 Å². The SMILES string of the molecule is O=C(CCC(=O)N1CCC(O)CC1)c1ccc(Cl)c(Cl)c1. The van der Waals surface area contributed by atoms with Crippen LogP contribution in [0.5, 0.6) is 0 Å². The number of Topliss-reactive ketones (excluding diaryl/α,β-unsaturated/α-hetero) is 1. The number of ketones is 1. The summed E-state index contributed by atoms with van der Waals surface area (Å²) in [6, 6.07) is 4.71. The number of likely N-dealkylation sites (tertiary alicyclic amines) is 1. The van der Waals surface area contributed by atoms with Gasteiger partial charge >= 0.3 is 0 Å². The van der Waals surface area contributed by atoms with Crippen molar-refractivity contribution < 1.29 is 14.7 Å². The molecule has 1 aromatic rings.